The number of benzene rings is 7. The van der Waals surface area contributed by atoms with Crippen LogP contribution in [0.3, 0.4) is 0 Å². The van der Waals surface area contributed by atoms with Crippen molar-refractivity contribution in [1.82, 2.24) is 0 Å². The van der Waals surface area contributed by atoms with Crippen LogP contribution in [0.1, 0.15) is 82.7 Å². The Balaban J connectivity index is 1.27. The molecule has 0 bridgehead atoms. The lowest BCUT2D eigenvalue weighted by Gasteiger charge is -2.35. The molecule has 2 atom stereocenters. The minimum absolute atomic E-state index is 0.280. The quantitative estimate of drug-likeness (QED) is 0.0737. The largest absolute Gasteiger partial charge is 0.344 e. The molecule has 2 heterocycles. The molecule has 0 aliphatic carbocycles. The van der Waals surface area contributed by atoms with Crippen molar-refractivity contribution in [2.24, 2.45) is 0 Å². The van der Waals surface area contributed by atoms with E-state index in [4.69, 9.17) is 0 Å². The number of allylic oxidation sites excluding steroid dienone is 4. The van der Waals surface area contributed by atoms with Crippen LogP contribution in [0, 0.1) is 20.8 Å². The lowest BCUT2D eigenvalue weighted by atomic mass is 9.67. The fourth-order valence-electron chi connectivity index (χ4n) is 11.1. The first-order valence-electron chi connectivity index (χ1n) is 23.4. The van der Waals surface area contributed by atoms with E-state index in [9.17, 15) is 0 Å². The fraction of sp³-hybridized carbons (Fsp3) is 0.262. The van der Waals surface area contributed by atoms with E-state index < -0.39 is 0 Å². The predicted molar refractivity (Wildman–Crippen MR) is 268 cm³/mol. The van der Waals surface area contributed by atoms with Gasteiger partial charge in [-0.3, -0.25) is 0 Å². The molecular formula is C61H63N2+. The van der Waals surface area contributed by atoms with Crippen molar-refractivity contribution in [1.29, 1.82) is 0 Å². The van der Waals surface area contributed by atoms with Crippen LogP contribution in [0.4, 0.5) is 11.4 Å². The highest BCUT2D eigenvalue weighted by Crippen LogP contribution is 2.53. The average Bonchev–Trinajstić information content (AvgIpc) is 3.67. The second-order valence-corrected chi connectivity index (χ2v) is 18.5. The molecule has 2 aliphatic heterocycles. The monoisotopic (exact) mass is 823 g/mol. The van der Waals surface area contributed by atoms with Gasteiger partial charge in [0.15, 0.2) is 5.71 Å². The van der Waals surface area contributed by atoms with Crippen molar-refractivity contribution < 1.29 is 4.58 Å². The summed E-state index contributed by atoms with van der Waals surface area (Å²) < 4.78 is 2.51. The zero-order chi connectivity index (χ0) is 43.4. The van der Waals surface area contributed by atoms with Gasteiger partial charge in [-0.25, -0.2) is 0 Å². The molecule has 2 unspecified atom stereocenters. The topological polar surface area (TPSA) is 6.25 Å². The van der Waals surface area contributed by atoms with Crippen molar-refractivity contribution in [2.45, 2.75) is 89.9 Å². The summed E-state index contributed by atoms with van der Waals surface area (Å²) in [6.45, 7) is 10.1. The Bertz CT molecular complexity index is 2830. The van der Waals surface area contributed by atoms with Crippen LogP contribution in [0.2, 0.25) is 0 Å². The molecule has 63 heavy (non-hydrogen) atoms. The summed E-state index contributed by atoms with van der Waals surface area (Å²) in [5, 5.41) is 2.63. The summed E-state index contributed by atoms with van der Waals surface area (Å²) in [7, 11) is 2.30. The minimum atomic E-state index is -0.328. The van der Waals surface area contributed by atoms with Crippen molar-refractivity contribution in [3.05, 3.63) is 238 Å². The molecule has 7 aromatic carbocycles. The molecule has 0 N–H and O–H groups in total. The summed E-state index contributed by atoms with van der Waals surface area (Å²) in [5.41, 5.74) is 17.2. The maximum absolute atomic E-state index is 2.71. The predicted octanol–water partition coefficient (Wildman–Crippen LogP) is 14.5. The van der Waals surface area contributed by atoms with E-state index in [2.05, 4.69) is 226 Å². The number of fused-ring (bicyclic) bond motifs is 4. The summed E-state index contributed by atoms with van der Waals surface area (Å²) in [4.78, 5) is 2.71. The van der Waals surface area contributed by atoms with Crippen molar-refractivity contribution >= 4 is 27.9 Å². The average molecular weight is 824 g/mol. The Morgan fingerprint density at radius 2 is 1.17 bits per heavy atom. The van der Waals surface area contributed by atoms with E-state index in [1.54, 1.807) is 0 Å². The van der Waals surface area contributed by atoms with Crippen LogP contribution in [0.5, 0.6) is 0 Å². The van der Waals surface area contributed by atoms with Gasteiger partial charge < -0.3 is 4.90 Å². The van der Waals surface area contributed by atoms with E-state index >= 15 is 0 Å². The number of aryl methyl sites for hydroxylation is 3. The third kappa shape index (κ3) is 8.13. The van der Waals surface area contributed by atoms with Gasteiger partial charge in [-0.15, -0.1) is 0 Å². The molecule has 0 fully saturated rings. The molecule has 2 aliphatic rings. The minimum Gasteiger partial charge on any atom is -0.344 e. The Labute approximate surface area is 377 Å². The highest BCUT2D eigenvalue weighted by Gasteiger charge is 2.52. The number of anilines is 1. The van der Waals surface area contributed by atoms with Gasteiger partial charge in [-0.05, 0) is 121 Å². The van der Waals surface area contributed by atoms with Gasteiger partial charge in [0.05, 0.1) is 5.41 Å². The normalized spacial score (nSPS) is 18.8. The summed E-state index contributed by atoms with van der Waals surface area (Å²) in [6, 6.07) is 61.5. The lowest BCUT2D eigenvalue weighted by molar-refractivity contribution is -0.401. The zero-order valence-corrected chi connectivity index (χ0v) is 38.1. The van der Waals surface area contributed by atoms with E-state index in [1.165, 1.54) is 103 Å². The third-order valence-corrected chi connectivity index (χ3v) is 14.3. The Morgan fingerprint density at radius 1 is 0.571 bits per heavy atom. The maximum Gasteiger partial charge on any atom is 0.210 e. The Kier molecular flexibility index (Phi) is 12.2. The maximum atomic E-state index is 2.71. The Morgan fingerprint density at radius 3 is 1.84 bits per heavy atom. The smallest absolute Gasteiger partial charge is 0.210 e. The standard InChI is InChI=1S/C61H63N2/c1-6-7-8-21-39-63-55-37-35-45(2)40-54(55)60(41-48-25-11-9-12-26-48,43-51-30-17-15-23-46(51)3)58(63)34-22-33-57-61(42-49-27-13-10-14-28-49,44-52-31-18-16-24-47(52)4)59-53-32-20-19-29-50(53)36-38-56(59)62(57)5/h9-20,22-38,40H,6-8,21,39,41-44H2,1-5H3/q+1. The lowest BCUT2D eigenvalue weighted by Crippen LogP contribution is -2.39. The van der Waals surface area contributed by atoms with Gasteiger partial charge in [-0.2, -0.15) is 4.58 Å². The zero-order valence-electron chi connectivity index (χ0n) is 38.1. The third-order valence-electron chi connectivity index (χ3n) is 14.3. The highest BCUT2D eigenvalue weighted by molar-refractivity contribution is 6.08. The number of rotatable bonds is 15. The molecule has 0 spiro atoms. The summed E-state index contributed by atoms with van der Waals surface area (Å²) in [5.74, 6) is 0. The molecule has 9 rings (SSSR count). The van der Waals surface area contributed by atoms with Crippen LogP contribution in [0.15, 0.2) is 188 Å². The number of nitrogens with zero attached hydrogens (tertiary/aromatic N) is 2. The van der Waals surface area contributed by atoms with E-state index in [-0.39, 0.29) is 10.8 Å². The van der Waals surface area contributed by atoms with Crippen LogP contribution in [0.25, 0.3) is 10.8 Å². The van der Waals surface area contributed by atoms with Crippen LogP contribution >= 0.6 is 0 Å². The molecule has 0 amide bonds. The van der Waals surface area contributed by atoms with Crippen LogP contribution in [-0.4, -0.2) is 23.9 Å². The molecule has 0 radical (unpaired) electrons. The van der Waals surface area contributed by atoms with Gasteiger partial charge in [0, 0.05) is 41.1 Å². The first kappa shape index (κ1) is 42.1. The van der Waals surface area contributed by atoms with Crippen LogP contribution in [-0.2, 0) is 36.5 Å². The van der Waals surface area contributed by atoms with Gasteiger partial charge in [0.1, 0.15) is 7.05 Å². The molecule has 0 aromatic heterocycles. The molecule has 0 saturated heterocycles. The molecule has 2 nitrogen and oxygen atoms in total. The molecule has 316 valence electrons. The molecule has 0 saturated carbocycles. The number of unbranched alkanes of at least 4 members (excludes halogenated alkanes) is 3. The number of hydrogen-bond donors (Lipinski definition) is 0. The van der Waals surface area contributed by atoms with Gasteiger partial charge in [0.2, 0.25) is 5.69 Å². The second kappa shape index (κ2) is 18.2. The first-order valence-corrected chi connectivity index (χ1v) is 23.4. The highest BCUT2D eigenvalue weighted by atomic mass is 15.2. The summed E-state index contributed by atoms with van der Waals surface area (Å²) >= 11 is 0. The van der Waals surface area contributed by atoms with Crippen LogP contribution < -0.4 is 4.90 Å². The van der Waals surface area contributed by atoms with Gasteiger partial charge >= 0.3 is 0 Å². The fourth-order valence-corrected chi connectivity index (χ4v) is 11.1. The van der Waals surface area contributed by atoms with Crippen molar-refractivity contribution in [3.63, 3.8) is 0 Å². The second-order valence-electron chi connectivity index (χ2n) is 18.5. The van der Waals surface area contributed by atoms with E-state index in [1.807, 2.05) is 0 Å². The number of hydrogen-bond acceptors (Lipinski definition) is 1. The van der Waals surface area contributed by atoms with Crippen molar-refractivity contribution in [2.75, 3.05) is 18.5 Å². The Hall–Kier alpha value is -6.25. The molecule has 2 heteroatoms. The molecular weight excluding hydrogens is 761 g/mol. The van der Waals surface area contributed by atoms with Crippen molar-refractivity contribution in [3.8, 4) is 0 Å². The SMILES string of the molecule is CCCCCCN1C(=CC=CC2=[N+](C)c3ccc4ccccc4c3C2(Cc2ccccc2)Cc2ccccc2C)C(Cc2ccccc2)(Cc2ccccc2C)c2cc(C)ccc21. The summed E-state index contributed by atoms with van der Waals surface area (Å²) in [6.07, 6.45) is 16.0. The van der Waals surface area contributed by atoms with Gasteiger partial charge in [-0.1, -0.05) is 183 Å². The molecule has 7 aromatic rings. The van der Waals surface area contributed by atoms with Gasteiger partial charge in [0.25, 0.3) is 0 Å². The van der Waals surface area contributed by atoms with E-state index in [0.717, 1.165) is 38.6 Å². The van der Waals surface area contributed by atoms with E-state index in [0.29, 0.717) is 0 Å². The first-order chi connectivity index (χ1) is 30.8.